The topological polar surface area (TPSA) is 42.7 Å². The third kappa shape index (κ3) is 3.10. The number of hydrogen-bond donors (Lipinski definition) is 0. The number of aromatic nitrogens is 3. The van der Waals surface area contributed by atoms with Gasteiger partial charge in [-0.1, -0.05) is 31.2 Å². The highest BCUT2D eigenvalue weighted by atomic mass is 16.5. The Morgan fingerprint density at radius 1 is 1.04 bits per heavy atom. The normalized spacial score (nSPS) is 20.1. The molecule has 5 nitrogen and oxygen atoms in total. The van der Waals surface area contributed by atoms with Gasteiger partial charge in [0.1, 0.15) is 11.9 Å². The van der Waals surface area contributed by atoms with Crippen molar-refractivity contribution < 1.29 is 4.74 Å². The highest BCUT2D eigenvalue weighted by Crippen LogP contribution is 2.39. The summed E-state index contributed by atoms with van der Waals surface area (Å²) >= 11 is 0. The maximum atomic E-state index is 6.45. The molecule has 2 aromatic heterocycles. The second-order valence-electron chi connectivity index (χ2n) is 8.28. The van der Waals surface area contributed by atoms with E-state index < -0.39 is 0 Å². The van der Waals surface area contributed by atoms with Crippen LogP contribution in [0.15, 0.2) is 42.6 Å². The van der Waals surface area contributed by atoms with E-state index in [4.69, 9.17) is 4.74 Å². The van der Waals surface area contributed by atoms with Crippen molar-refractivity contribution in [3.05, 3.63) is 59.5 Å². The lowest BCUT2D eigenvalue weighted by Crippen LogP contribution is -2.37. The smallest absolute Gasteiger partial charge is 0.161 e. The van der Waals surface area contributed by atoms with Crippen molar-refractivity contribution in [1.82, 2.24) is 19.5 Å². The zero-order valence-electron chi connectivity index (χ0n) is 16.8. The average Bonchev–Trinajstić information content (AvgIpc) is 3.08. The van der Waals surface area contributed by atoms with E-state index in [1.807, 2.05) is 22.7 Å². The summed E-state index contributed by atoms with van der Waals surface area (Å²) in [7, 11) is 4.11. The van der Waals surface area contributed by atoms with Crippen molar-refractivity contribution in [2.45, 2.75) is 51.2 Å². The van der Waals surface area contributed by atoms with Gasteiger partial charge in [0.05, 0.1) is 11.7 Å². The zero-order chi connectivity index (χ0) is 19.2. The van der Waals surface area contributed by atoms with Crippen LogP contribution >= 0.6 is 0 Å². The minimum Gasteiger partial charge on any atom is -0.484 e. The molecule has 0 aliphatic heterocycles. The Hall–Kier alpha value is -2.40. The first-order valence-electron chi connectivity index (χ1n) is 9.66. The quantitative estimate of drug-likeness (QED) is 0.681. The molecule has 1 unspecified atom stereocenters. The van der Waals surface area contributed by atoms with Gasteiger partial charge in [-0.05, 0) is 70.0 Å². The Morgan fingerprint density at radius 2 is 1.78 bits per heavy atom. The lowest BCUT2D eigenvalue weighted by Gasteiger charge is -2.31. The largest absolute Gasteiger partial charge is 0.484 e. The van der Waals surface area contributed by atoms with E-state index in [0.717, 1.165) is 30.1 Å². The Balaban J connectivity index is 1.69. The SMILES string of the molecule is C[C@H]1CCC(Oc2ccc3nnc(C(C)(C)N(C)C)n3c2)c2ccccc21. The molecular formula is C22H28N4O. The zero-order valence-corrected chi connectivity index (χ0v) is 16.8. The third-order valence-corrected chi connectivity index (χ3v) is 6.05. The molecule has 1 aromatic carbocycles. The van der Waals surface area contributed by atoms with Gasteiger partial charge in [-0.2, -0.15) is 0 Å². The lowest BCUT2D eigenvalue weighted by atomic mass is 9.82. The second kappa shape index (κ2) is 6.64. The van der Waals surface area contributed by atoms with E-state index in [1.54, 1.807) is 0 Å². The number of benzene rings is 1. The van der Waals surface area contributed by atoms with Gasteiger partial charge in [0, 0.05) is 0 Å². The lowest BCUT2D eigenvalue weighted by molar-refractivity contribution is 0.174. The van der Waals surface area contributed by atoms with Crippen molar-refractivity contribution >= 4 is 5.65 Å². The standard InChI is InChI=1S/C22H28N4O/c1-15-10-12-19(18-9-7-6-8-17(15)18)27-16-11-13-20-23-24-21(26(20)14-16)22(2,3)25(4)5/h6-9,11,13-15,19H,10,12H2,1-5H3/t15-,19?/m0/s1. The molecule has 0 saturated carbocycles. The van der Waals surface area contributed by atoms with E-state index >= 15 is 0 Å². The van der Waals surface area contributed by atoms with Crippen LogP contribution in [0.25, 0.3) is 5.65 Å². The molecule has 1 aliphatic rings. The number of nitrogens with zero attached hydrogens (tertiary/aromatic N) is 4. The molecule has 5 heteroatoms. The summed E-state index contributed by atoms with van der Waals surface area (Å²) in [6.45, 7) is 6.60. The molecule has 142 valence electrons. The summed E-state index contributed by atoms with van der Waals surface area (Å²) in [6, 6.07) is 12.6. The Morgan fingerprint density at radius 3 is 2.52 bits per heavy atom. The maximum Gasteiger partial charge on any atom is 0.161 e. The molecule has 0 saturated heterocycles. The molecule has 0 fully saturated rings. The highest BCUT2D eigenvalue weighted by Gasteiger charge is 2.29. The van der Waals surface area contributed by atoms with Gasteiger partial charge < -0.3 is 4.74 Å². The molecule has 0 radical (unpaired) electrons. The molecule has 0 amide bonds. The first-order chi connectivity index (χ1) is 12.9. The molecule has 2 atom stereocenters. The average molecular weight is 364 g/mol. The molecule has 0 spiro atoms. The Bertz CT molecular complexity index is 960. The predicted molar refractivity (Wildman–Crippen MR) is 107 cm³/mol. The van der Waals surface area contributed by atoms with Crippen molar-refractivity contribution in [3.63, 3.8) is 0 Å². The third-order valence-electron chi connectivity index (χ3n) is 6.05. The van der Waals surface area contributed by atoms with Crippen molar-refractivity contribution in [3.8, 4) is 5.75 Å². The molecule has 27 heavy (non-hydrogen) atoms. The Labute approximate surface area is 161 Å². The molecular weight excluding hydrogens is 336 g/mol. The summed E-state index contributed by atoms with van der Waals surface area (Å²) in [5, 5.41) is 8.77. The van der Waals surface area contributed by atoms with E-state index in [0.29, 0.717) is 5.92 Å². The Kier molecular flexibility index (Phi) is 4.42. The van der Waals surface area contributed by atoms with Crippen LogP contribution in [0.4, 0.5) is 0 Å². The summed E-state index contributed by atoms with van der Waals surface area (Å²) < 4.78 is 8.49. The molecule has 0 N–H and O–H groups in total. The van der Waals surface area contributed by atoms with Gasteiger partial charge >= 0.3 is 0 Å². The molecule has 1 aliphatic carbocycles. The highest BCUT2D eigenvalue weighted by molar-refractivity contribution is 5.43. The van der Waals surface area contributed by atoms with Crippen LogP contribution in [0.5, 0.6) is 5.75 Å². The number of ether oxygens (including phenoxy) is 1. The fourth-order valence-corrected chi connectivity index (χ4v) is 3.81. The van der Waals surface area contributed by atoms with E-state index in [9.17, 15) is 0 Å². The van der Waals surface area contributed by atoms with Crippen molar-refractivity contribution in [2.24, 2.45) is 0 Å². The van der Waals surface area contributed by atoms with Crippen LogP contribution in [-0.4, -0.2) is 33.6 Å². The van der Waals surface area contributed by atoms with Gasteiger partial charge in [0.25, 0.3) is 0 Å². The van der Waals surface area contributed by atoms with E-state index in [2.05, 4.69) is 74.2 Å². The molecule has 3 aromatic rings. The number of rotatable bonds is 4. The van der Waals surface area contributed by atoms with Crippen molar-refractivity contribution in [2.75, 3.05) is 14.1 Å². The minimum absolute atomic E-state index is 0.0941. The number of hydrogen-bond acceptors (Lipinski definition) is 4. The summed E-state index contributed by atoms with van der Waals surface area (Å²) in [5.41, 5.74) is 3.33. The van der Waals surface area contributed by atoms with Gasteiger partial charge in [-0.15, -0.1) is 10.2 Å². The van der Waals surface area contributed by atoms with Crippen molar-refractivity contribution in [1.29, 1.82) is 0 Å². The van der Waals surface area contributed by atoms with Gasteiger partial charge in [0.2, 0.25) is 0 Å². The van der Waals surface area contributed by atoms with Crippen LogP contribution < -0.4 is 4.74 Å². The molecule has 0 bridgehead atoms. The minimum atomic E-state index is -0.231. The fraction of sp³-hybridized carbons (Fsp3) is 0.455. The van der Waals surface area contributed by atoms with Gasteiger partial charge in [-0.3, -0.25) is 9.30 Å². The van der Waals surface area contributed by atoms with Gasteiger partial charge in [-0.25, -0.2) is 0 Å². The molecule has 2 heterocycles. The van der Waals surface area contributed by atoms with Crippen LogP contribution in [-0.2, 0) is 5.54 Å². The first-order valence-corrected chi connectivity index (χ1v) is 9.66. The summed E-state index contributed by atoms with van der Waals surface area (Å²) in [6.07, 6.45) is 4.30. The van der Waals surface area contributed by atoms with E-state index in [1.165, 1.54) is 11.1 Å². The number of pyridine rings is 1. The number of fused-ring (bicyclic) bond motifs is 2. The van der Waals surface area contributed by atoms with Crippen LogP contribution in [0.1, 0.15) is 62.6 Å². The maximum absolute atomic E-state index is 6.45. The first kappa shape index (κ1) is 18.0. The van der Waals surface area contributed by atoms with Crippen LogP contribution in [0.2, 0.25) is 0 Å². The summed E-state index contributed by atoms with van der Waals surface area (Å²) in [5.74, 6) is 2.35. The van der Waals surface area contributed by atoms with Crippen LogP contribution in [0, 0.1) is 0 Å². The van der Waals surface area contributed by atoms with Crippen LogP contribution in [0.3, 0.4) is 0 Å². The molecule has 4 rings (SSSR count). The monoisotopic (exact) mass is 364 g/mol. The van der Waals surface area contributed by atoms with Gasteiger partial charge in [0.15, 0.2) is 11.5 Å². The van der Waals surface area contributed by atoms with E-state index in [-0.39, 0.29) is 11.6 Å². The predicted octanol–water partition coefficient (Wildman–Crippen LogP) is 4.54. The fourth-order valence-electron chi connectivity index (χ4n) is 3.81. The summed E-state index contributed by atoms with van der Waals surface area (Å²) in [4.78, 5) is 2.15. The second-order valence-corrected chi connectivity index (χ2v) is 8.28.